The molecule has 0 saturated heterocycles. The predicted molar refractivity (Wildman–Crippen MR) is 47.3 cm³/mol. The monoisotopic (exact) mass is 222 g/mol. The first-order valence-electron chi connectivity index (χ1n) is 3.70. The maximum atomic E-state index is 12.2. The molecule has 1 N–H and O–H groups in total. The summed E-state index contributed by atoms with van der Waals surface area (Å²) in [6.45, 7) is -2.63. The maximum Gasteiger partial charge on any atom is 0.319 e. The molecule has 0 fully saturated rings. The Balaban J connectivity index is 2.50. The number of halogens is 2. The van der Waals surface area contributed by atoms with Crippen LogP contribution in [0.1, 0.15) is 12.4 Å². The van der Waals surface area contributed by atoms with Crippen LogP contribution >= 0.6 is 11.8 Å². The molecule has 0 bridgehead atoms. The lowest BCUT2D eigenvalue weighted by molar-refractivity contribution is -0.133. The second-order valence-electron chi connectivity index (χ2n) is 2.41. The molecule has 1 rings (SSSR count). The van der Waals surface area contributed by atoms with E-state index < -0.39 is 12.5 Å². The molecule has 0 unspecified atom stereocenters. The molecule has 0 aromatic carbocycles. The summed E-state index contributed by atoms with van der Waals surface area (Å²) < 4.78 is 25.2. The molecule has 7 heteroatoms. The summed E-state index contributed by atoms with van der Waals surface area (Å²) in [5.74, 6) is -0.726. The number of imidazole rings is 1. The van der Waals surface area contributed by atoms with Gasteiger partial charge in [0.15, 0.2) is 0 Å². The summed E-state index contributed by atoms with van der Waals surface area (Å²) in [5.41, 5.74) is 0. The Morgan fingerprint density at radius 2 is 2.43 bits per heavy atom. The van der Waals surface area contributed by atoms with Gasteiger partial charge in [0.1, 0.15) is 5.82 Å². The molecule has 0 saturated carbocycles. The van der Waals surface area contributed by atoms with Crippen molar-refractivity contribution >= 4 is 17.7 Å². The molecule has 14 heavy (non-hydrogen) atoms. The first kappa shape index (κ1) is 11.0. The molecule has 1 heterocycles. The largest absolute Gasteiger partial charge is 0.481 e. The molecular formula is C7H8F2N2O2S. The predicted octanol–water partition coefficient (Wildman–Crippen LogP) is 1.60. The van der Waals surface area contributed by atoms with Gasteiger partial charge in [0.2, 0.25) is 0 Å². The number of rotatable bonds is 5. The highest BCUT2D eigenvalue weighted by Gasteiger charge is 2.11. The van der Waals surface area contributed by atoms with Crippen molar-refractivity contribution in [2.24, 2.45) is 0 Å². The van der Waals surface area contributed by atoms with E-state index in [0.717, 1.165) is 16.3 Å². The first-order chi connectivity index (χ1) is 6.61. The third-order valence-electron chi connectivity index (χ3n) is 1.42. The van der Waals surface area contributed by atoms with Gasteiger partial charge in [0, 0.05) is 12.4 Å². The number of aromatic nitrogens is 2. The third kappa shape index (κ3) is 2.99. The molecule has 0 spiro atoms. The third-order valence-corrected chi connectivity index (χ3v) is 2.33. The molecule has 0 aliphatic heterocycles. The van der Waals surface area contributed by atoms with Crippen LogP contribution in [0.2, 0.25) is 0 Å². The highest BCUT2D eigenvalue weighted by Crippen LogP contribution is 2.16. The number of alkyl halides is 2. The maximum absolute atomic E-state index is 12.2. The lowest BCUT2D eigenvalue weighted by Gasteiger charge is -2.04. The fourth-order valence-corrected chi connectivity index (χ4v) is 1.55. The van der Waals surface area contributed by atoms with Gasteiger partial charge >= 0.3 is 12.5 Å². The van der Waals surface area contributed by atoms with Crippen molar-refractivity contribution in [1.82, 2.24) is 9.55 Å². The number of carboxylic acids is 1. The molecule has 78 valence electrons. The quantitative estimate of drug-likeness (QED) is 0.822. The van der Waals surface area contributed by atoms with Crippen molar-refractivity contribution in [3.8, 4) is 0 Å². The van der Waals surface area contributed by atoms with E-state index in [-0.39, 0.29) is 17.3 Å². The molecular weight excluding hydrogens is 214 g/mol. The van der Waals surface area contributed by atoms with Gasteiger partial charge in [-0.2, -0.15) is 8.78 Å². The Bertz CT molecular complexity index is 316. The average molecular weight is 222 g/mol. The van der Waals surface area contributed by atoms with Crippen LogP contribution in [0.4, 0.5) is 8.78 Å². The molecule has 0 atom stereocenters. The summed E-state index contributed by atoms with van der Waals surface area (Å²) >= 11 is 1.03. The van der Waals surface area contributed by atoms with Gasteiger partial charge in [0.25, 0.3) is 0 Å². The van der Waals surface area contributed by atoms with E-state index in [1.807, 2.05) is 0 Å². The van der Waals surface area contributed by atoms with Crippen LogP contribution in [0, 0.1) is 0 Å². The summed E-state index contributed by atoms with van der Waals surface area (Å²) in [6, 6.07) is 0. The summed E-state index contributed by atoms with van der Waals surface area (Å²) in [5, 5.41) is 8.32. The summed E-state index contributed by atoms with van der Waals surface area (Å²) in [4.78, 5) is 13.9. The number of hydrogen-bond donors (Lipinski definition) is 1. The van der Waals surface area contributed by atoms with Crippen molar-refractivity contribution in [1.29, 1.82) is 0 Å². The molecule has 1 aromatic heterocycles. The van der Waals surface area contributed by atoms with E-state index in [2.05, 4.69) is 4.98 Å². The molecule has 0 aliphatic rings. The normalized spacial score (nSPS) is 10.8. The highest BCUT2D eigenvalue weighted by molar-refractivity contribution is 7.99. The standard InChI is InChI=1S/C7H8F2N2O2S/c8-7(9)11-2-1-10-5(11)3-14-4-6(12)13/h1-2,7H,3-4H2,(H,12,13). The van der Waals surface area contributed by atoms with E-state index in [0.29, 0.717) is 0 Å². The smallest absolute Gasteiger partial charge is 0.319 e. The van der Waals surface area contributed by atoms with Crippen molar-refractivity contribution in [2.75, 3.05) is 5.75 Å². The lowest BCUT2D eigenvalue weighted by Crippen LogP contribution is -2.04. The van der Waals surface area contributed by atoms with Gasteiger partial charge in [-0.15, -0.1) is 11.8 Å². The van der Waals surface area contributed by atoms with Crippen LogP contribution in [-0.2, 0) is 10.5 Å². The van der Waals surface area contributed by atoms with Crippen LogP contribution in [0.25, 0.3) is 0 Å². The van der Waals surface area contributed by atoms with E-state index >= 15 is 0 Å². The number of carboxylic acid groups (broad SMARTS) is 1. The van der Waals surface area contributed by atoms with Gasteiger partial charge in [-0.05, 0) is 0 Å². The van der Waals surface area contributed by atoms with Gasteiger partial charge < -0.3 is 5.11 Å². The Hall–Kier alpha value is -1.11. The molecule has 4 nitrogen and oxygen atoms in total. The first-order valence-corrected chi connectivity index (χ1v) is 4.86. The van der Waals surface area contributed by atoms with Gasteiger partial charge in [-0.3, -0.25) is 9.36 Å². The Labute approximate surface area is 82.9 Å². The fourth-order valence-electron chi connectivity index (χ4n) is 0.863. The number of carbonyl (C=O) groups is 1. The minimum atomic E-state index is -2.63. The van der Waals surface area contributed by atoms with E-state index in [1.54, 1.807) is 0 Å². The average Bonchev–Trinajstić information content (AvgIpc) is 2.51. The van der Waals surface area contributed by atoms with E-state index in [9.17, 15) is 13.6 Å². The summed E-state index contributed by atoms with van der Waals surface area (Å²) in [6.07, 6.45) is 2.43. The van der Waals surface area contributed by atoms with Gasteiger partial charge in [-0.25, -0.2) is 4.98 Å². The minimum Gasteiger partial charge on any atom is -0.481 e. The Morgan fingerprint density at radius 1 is 1.71 bits per heavy atom. The molecule has 0 amide bonds. The zero-order valence-electron chi connectivity index (χ0n) is 7.06. The van der Waals surface area contributed by atoms with Crippen LogP contribution in [0.3, 0.4) is 0 Å². The van der Waals surface area contributed by atoms with Crippen molar-refractivity contribution in [3.05, 3.63) is 18.2 Å². The lowest BCUT2D eigenvalue weighted by atomic mass is 10.7. The number of thioether (sulfide) groups is 1. The minimum absolute atomic E-state index is 0.115. The van der Waals surface area contributed by atoms with Crippen LogP contribution in [0.15, 0.2) is 12.4 Å². The molecule has 0 aliphatic carbocycles. The topological polar surface area (TPSA) is 55.1 Å². The fraction of sp³-hybridized carbons (Fsp3) is 0.429. The van der Waals surface area contributed by atoms with E-state index in [4.69, 9.17) is 5.11 Å². The van der Waals surface area contributed by atoms with Crippen molar-refractivity contribution in [3.63, 3.8) is 0 Å². The number of hydrogen-bond acceptors (Lipinski definition) is 3. The Kier molecular flexibility index (Phi) is 3.87. The highest BCUT2D eigenvalue weighted by atomic mass is 32.2. The van der Waals surface area contributed by atoms with Gasteiger partial charge in [-0.1, -0.05) is 0 Å². The van der Waals surface area contributed by atoms with Crippen molar-refractivity contribution in [2.45, 2.75) is 12.3 Å². The second kappa shape index (κ2) is 4.94. The number of nitrogens with zero attached hydrogens (tertiary/aromatic N) is 2. The SMILES string of the molecule is O=C(O)CSCc1nccn1C(F)F. The van der Waals surface area contributed by atoms with E-state index in [1.165, 1.54) is 12.4 Å². The molecule has 0 radical (unpaired) electrons. The van der Waals surface area contributed by atoms with Gasteiger partial charge in [0.05, 0.1) is 11.5 Å². The van der Waals surface area contributed by atoms with Crippen LogP contribution < -0.4 is 0 Å². The Morgan fingerprint density at radius 3 is 3.00 bits per heavy atom. The summed E-state index contributed by atoms with van der Waals surface area (Å²) in [7, 11) is 0. The van der Waals surface area contributed by atoms with Crippen LogP contribution in [-0.4, -0.2) is 26.4 Å². The zero-order chi connectivity index (χ0) is 10.6. The zero-order valence-corrected chi connectivity index (χ0v) is 7.88. The number of aliphatic carboxylic acids is 1. The second-order valence-corrected chi connectivity index (χ2v) is 3.40. The van der Waals surface area contributed by atoms with Crippen molar-refractivity contribution < 1.29 is 18.7 Å². The van der Waals surface area contributed by atoms with Crippen LogP contribution in [0.5, 0.6) is 0 Å². The molecule has 1 aromatic rings.